The highest BCUT2D eigenvalue weighted by molar-refractivity contribution is 9.09. The third kappa shape index (κ3) is 3.27. The largest absolute Gasteiger partial charge is 0.349 e. The normalized spacial score (nSPS) is 12.3. The fourth-order valence-corrected chi connectivity index (χ4v) is 1.37. The van der Waals surface area contributed by atoms with Crippen LogP contribution in [0.4, 0.5) is 8.78 Å². The molecule has 5 heteroatoms. The number of nitrogens with one attached hydrogen (secondary N) is 1. The van der Waals surface area contributed by atoms with Gasteiger partial charge in [0.25, 0.3) is 0 Å². The second-order valence-electron chi connectivity index (χ2n) is 3.09. The molecule has 0 heterocycles. The molecule has 1 amide bonds. The van der Waals surface area contributed by atoms with Crippen LogP contribution in [0.15, 0.2) is 18.2 Å². The Morgan fingerprint density at radius 2 is 2.20 bits per heavy atom. The lowest BCUT2D eigenvalue weighted by molar-refractivity contribution is -0.119. The van der Waals surface area contributed by atoms with E-state index in [0.717, 1.165) is 12.1 Å². The summed E-state index contributed by atoms with van der Waals surface area (Å²) in [6.45, 7) is 1.64. The summed E-state index contributed by atoms with van der Waals surface area (Å²) >= 11 is 2.98. The Morgan fingerprint density at radius 3 is 2.73 bits per heavy atom. The highest BCUT2D eigenvalue weighted by Crippen LogP contribution is 2.17. The maximum absolute atomic E-state index is 13.3. The first-order valence-corrected chi connectivity index (χ1v) is 5.47. The maximum Gasteiger partial charge on any atom is 0.231 e. The van der Waals surface area contributed by atoms with Gasteiger partial charge in [-0.25, -0.2) is 8.78 Å². The van der Waals surface area contributed by atoms with Gasteiger partial charge in [-0.05, 0) is 13.0 Å². The fraction of sp³-hybridized carbons (Fsp3) is 0.300. The molecule has 0 saturated carbocycles. The molecule has 1 N–H and O–H groups in total. The molecule has 0 aliphatic carbocycles. The summed E-state index contributed by atoms with van der Waals surface area (Å²) in [6, 6.07) is 2.81. The topological polar surface area (TPSA) is 29.1 Å². The number of benzene rings is 1. The van der Waals surface area contributed by atoms with Crippen LogP contribution in [0.5, 0.6) is 0 Å². The van der Waals surface area contributed by atoms with Crippen molar-refractivity contribution in [1.82, 2.24) is 5.32 Å². The SMILES string of the molecule is CC(NC(=O)CBr)c1ccc(F)cc1F. The van der Waals surface area contributed by atoms with Gasteiger partial charge in [-0.1, -0.05) is 22.0 Å². The van der Waals surface area contributed by atoms with E-state index in [2.05, 4.69) is 21.2 Å². The predicted molar refractivity (Wildman–Crippen MR) is 56.7 cm³/mol. The first kappa shape index (κ1) is 12.1. The number of halogens is 3. The smallest absolute Gasteiger partial charge is 0.231 e. The Kier molecular flexibility index (Phi) is 4.20. The highest BCUT2D eigenvalue weighted by atomic mass is 79.9. The van der Waals surface area contributed by atoms with Crippen LogP contribution >= 0.6 is 15.9 Å². The molecule has 0 saturated heterocycles. The lowest BCUT2D eigenvalue weighted by Gasteiger charge is -2.14. The zero-order valence-electron chi connectivity index (χ0n) is 8.06. The molecule has 0 bridgehead atoms. The van der Waals surface area contributed by atoms with Crippen molar-refractivity contribution in [3.8, 4) is 0 Å². The number of amides is 1. The molecule has 82 valence electrons. The minimum atomic E-state index is -0.655. The van der Waals surface area contributed by atoms with Crippen LogP contribution in [0.3, 0.4) is 0 Å². The van der Waals surface area contributed by atoms with Gasteiger partial charge in [0.2, 0.25) is 5.91 Å². The average Bonchev–Trinajstić information content (AvgIpc) is 2.17. The predicted octanol–water partition coefficient (Wildman–Crippen LogP) is 2.54. The molecule has 2 nitrogen and oxygen atoms in total. The van der Waals surface area contributed by atoms with Crippen LogP contribution in [0, 0.1) is 11.6 Å². The second kappa shape index (κ2) is 5.21. The van der Waals surface area contributed by atoms with E-state index >= 15 is 0 Å². The van der Waals surface area contributed by atoms with Gasteiger partial charge < -0.3 is 5.32 Å². The molecule has 1 aromatic rings. The summed E-state index contributed by atoms with van der Waals surface area (Å²) < 4.78 is 25.9. The van der Waals surface area contributed by atoms with Crippen LogP contribution in [-0.2, 0) is 4.79 Å². The Hall–Kier alpha value is -0.970. The first-order valence-electron chi connectivity index (χ1n) is 4.35. The number of alkyl halides is 1. The maximum atomic E-state index is 13.3. The lowest BCUT2D eigenvalue weighted by atomic mass is 10.1. The van der Waals surface area contributed by atoms with Crippen LogP contribution in [0.25, 0.3) is 0 Å². The Labute approximate surface area is 94.8 Å². The van der Waals surface area contributed by atoms with E-state index in [1.807, 2.05) is 0 Å². The van der Waals surface area contributed by atoms with Gasteiger partial charge in [-0.15, -0.1) is 0 Å². The lowest BCUT2D eigenvalue weighted by Crippen LogP contribution is -2.27. The molecule has 1 aromatic carbocycles. The average molecular weight is 278 g/mol. The van der Waals surface area contributed by atoms with Crippen LogP contribution in [-0.4, -0.2) is 11.2 Å². The zero-order chi connectivity index (χ0) is 11.4. The van der Waals surface area contributed by atoms with Crippen molar-refractivity contribution in [1.29, 1.82) is 0 Å². The molecule has 1 unspecified atom stereocenters. The standard InChI is InChI=1S/C10H10BrF2NO/c1-6(14-10(15)5-11)8-3-2-7(12)4-9(8)13/h2-4,6H,5H2,1H3,(H,14,15). The van der Waals surface area contributed by atoms with Crippen molar-refractivity contribution >= 4 is 21.8 Å². The third-order valence-electron chi connectivity index (χ3n) is 1.93. The van der Waals surface area contributed by atoms with Crippen molar-refractivity contribution in [3.05, 3.63) is 35.4 Å². The summed E-state index contributed by atoms with van der Waals surface area (Å²) in [4.78, 5) is 11.0. The van der Waals surface area contributed by atoms with E-state index in [1.165, 1.54) is 6.07 Å². The van der Waals surface area contributed by atoms with E-state index in [4.69, 9.17) is 0 Å². The number of carbonyl (C=O) groups excluding carboxylic acids is 1. The van der Waals surface area contributed by atoms with Crippen LogP contribution in [0.1, 0.15) is 18.5 Å². The molecule has 0 radical (unpaired) electrons. The quantitative estimate of drug-likeness (QED) is 0.846. The van der Waals surface area contributed by atoms with Crippen molar-refractivity contribution in [2.75, 3.05) is 5.33 Å². The molecule has 0 aliphatic heterocycles. The van der Waals surface area contributed by atoms with Gasteiger partial charge >= 0.3 is 0 Å². The number of carbonyl (C=O) groups is 1. The number of hydrogen-bond acceptors (Lipinski definition) is 1. The van der Waals surface area contributed by atoms with Gasteiger partial charge in [-0.3, -0.25) is 4.79 Å². The fourth-order valence-electron chi connectivity index (χ4n) is 1.21. The van der Waals surface area contributed by atoms with E-state index in [-0.39, 0.29) is 16.8 Å². The van der Waals surface area contributed by atoms with Gasteiger partial charge in [-0.2, -0.15) is 0 Å². The van der Waals surface area contributed by atoms with Crippen LogP contribution < -0.4 is 5.32 Å². The summed E-state index contributed by atoms with van der Waals surface area (Å²) in [5.41, 5.74) is 0.269. The van der Waals surface area contributed by atoms with Crippen molar-refractivity contribution in [2.24, 2.45) is 0 Å². The molecular formula is C10H10BrF2NO. The molecule has 1 atom stereocenters. The molecule has 0 aliphatic rings. The monoisotopic (exact) mass is 277 g/mol. The van der Waals surface area contributed by atoms with Crippen molar-refractivity contribution in [2.45, 2.75) is 13.0 Å². The molecule has 1 rings (SSSR count). The first-order chi connectivity index (χ1) is 7.04. The zero-order valence-corrected chi connectivity index (χ0v) is 9.64. The molecular weight excluding hydrogens is 268 g/mol. The van der Waals surface area contributed by atoms with E-state index < -0.39 is 17.7 Å². The Bertz CT molecular complexity index is 370. The number of hydrogen-bond donors (Lipinski definition) is 1. The van der Waals surface area contributed by atoms with E-state index in [0.29, 0.717) is 0 Å². The van der Waals surface area contributed by atoms with Crippen LogP contribution in [0.2, 0.25) is 0 Å². The molecule has 15 heavy (non-hydrogen) atoms. The van der Waals surface area contributed by atoms with Crippen molar-refractivity contribution < 1.29 is 13.6 Å². The molecule has 0 spiro atoms. The third-order valence-corrected chi connectivity index (χ3v) is 2.44. The Morgan fingerprint density at radius 1 is 1.53 bits per heavy atom. The van der Waals surface area contributed by atoms with E-state index in [1.54, 1.807) is 6.92 Å². The van der Waals surface area contributed by atoms with Gasteiger partial charge in [0, 0.05) is 11.6 Å². The highest BCUT2D eigenvalue weighted by Gasteiger charge is 2.13. The molecule has 0 fully saturated rings. The van der Waals surface area contributed by atoms with Gasteiger partial charge in [0.05, 0.1) is 11.4 Å². The van der Waals surface area contributed by atoms with Crippen molar-refractivity contribution in [3.63, 3.8) is 0 Å². The Balaban J connectivity index is 2.82. The minimum absolute atomic E-state index is 0.153. The molecule has 0 aromatic heterocycles. The van der Waals surface area contributed by atoms with Gasteiger partial charge in [0.15, 0.2) is 0 Å². The second-order valence-corrected chi connectivity index (χ2v) is 3.65. The summed E-state index contributed by atoms with van der Waals surface area (Å²) in [6.07, 6.45) is 0. The number of rotatable bonds is 3. The summed E-state index contributed by atoms with van der Waals surface area (Å²) in [5, 5.41) is 2.71. The summed E-state index contributed by atoms with van der Waals surface area (Å²) in [5.74, 6) is -1.53. The van der Waals surface area contributed by atoms with Gasteiger partial charge in [0.1, 0.15) is 11.6 Å². The van der Waals surface area contributed by atoms with E-state index in [9.17, 15) is 13.6 Å². The summed E-state index contributed by atoms with van der Waals surface area (Å²) in [7, 11) is 0. The minimum Gasteiger partial charge on any atom is -0.349 e.